The average molecular weight is 543 g/mol. The van der Waals surface area contributed by atoms with Crippen LogP contribution in [0.5, 0.6) is 0 Å². The van der Waals surface area contributed by atoms with Crippen LogP contribution in [0.15, 0.2) is 72.8 Å². The smallest absolute Gasteiger partial charge is 0.252 e. The van der Waals surface area contributed by atoms with Crippen LogP contribution >= 0.6 is 0 Å². The van der Waals surface area contributed by atoms with Gasteiger partial charge in [-0.3, -0.25) is 14.4 Å². The van der Waals surface area contributed by atoms with Crippen molar-refractivity contribution in [2.45, 2.75) is 49.8 Å². The van der Waals surface area contributed by atoms with E-state index in [1.165, 1.54) is 24.0 Å². The Morgan fingerprint density at radius 1 is 0.825 bits per heavy atom. The van der Waals surface area contributed by atoms with Gasteiger partial charge in [0.2, 0.25) is 5.91 Å². The summed E-state index contributed by atoms with van der Waals surface area (Å²) in [5, 5.41) is 24.9. The first kappa shape index (κ1) is 27.7. The summed E-state index contributed by atoms with van der Waals surface area (Å²) in [6.45, 7) is -1.08. The predicted molar refractivity (Wildman–Crippen MR) is 150 cm³/mol. The lowest BCUT2D eigenvalue weighted by Gasteiger charge is -2.23. The highest BCUT2D eigenvalue weighted by molar-refractivity contribution is 6.01. The van der Waals surface area contributed by atoms with E-state index in [0.717, 1.165) is 29.5 Å². The van der Waals surface area contributed by atoms with Gasteiger partial charge in [-0.05, 0) is 72.1 Å². The number of Topliss-reactive ketones (excluding diaryl/α,β-unsaturated/α-hetero) is 1. The van der Waals surface area contributed by atoms with Gasteiger partial charge in [-0.25, -0.2) is 0 Å². The number of epoxide rings is 1. The molecule has 1 fully saturated rings. The Balaban J connectivity index is 1.29. The standard InChI is InChI=1S/C32H34N2O6/c35-18-28(31(39)33-27(15-21-7-2-1-3-8-21)29(37)32(19-36)20-40-32)34-30(38)26-12-6-11-24(17-26)25-14-13-22-9-4-5-10-23(22)16-25/h1-3,6-8,11-14,16-17,27-28,35-36H,4-5,9-10,15,18-20H2,(H,33,39)(H,34,38)/t27?,28-,32?/m0/s1. The van der Waals surface area contributed by atoms with E-state index in [1.807, 2.05) is 36.4 Å². The Hall–Kier alpha value is -3.85. The summed E-state index contributed by atoms with van der Waals surface area (Å²) >= 11 is 0. The lowest BCUT2D eigenvalue weighted by Crippen LogP contribution is -2.56. The molecule has 40 heavy (non-hydrogen) atoms. The number of hydrogen-bond acceptors (Lipinski definition) is 6. The summed E-state index contributed by atoms with van der Waals surface area (Å²) in [6, 6.07) is 20.4. The van der Waals surface area contributed by atoms with Crippen LogP contribution in [-0.4, -0.2) is 65.3 Å². The first-order chi connectivity index (χ1) is 19.4. The minimum atomic E-state index is -1.33. The SMILES string of the molecule is O=C(N[C@@H](CO)C(=O)NC(Cc1ccccc1)C(=O)C1(CO)CO1)c1cccc(-c2ccc3c(c2)CCCC3)c1. The molecule has 5 rings (SSSR count). The third-order valence-electron chi connectivity index (χ3n) is 7.72. The van der Waals surface area contributed by atoms with Gasteiger partial charge in [0, 0.05) is 5.56 Å². The van der Waals surface area contributed by atoms with Gasteiger partial charge in [0.1, 0.15) is 6.04 Å². The highest BCUT2D eigenvalue weighted by Crippen LogP contribution is 2.30. The zero-order chi connectivity index (χ0) is 28.1. The molecule has 8 heteroatoms. The van der Waals surface area contributed by atoms with Crippen molar-refractivity contribution in [2.24, 2.45) is 0 Å². The second kappa shape index (κ2) is 12.1. The Labute approximate surface area is 233 Å². The summed E-state index contributed by atoms with van der Waals surface area (Å²) < 4.78 is 5.22. The Bertz CT molecular complexity index is 1390. The lowest BCUT2D eigenvalue weighted by molar-refractivity contribution is -0.132. The molecule has 1 aliphatic heterocycles. The number of aryl methyl sites for hydroxylation is 2. The van der Waals surface area contributed by atoms with Crippen molar-refractivity contribution < 1.29 is 29.3 Å². The molecule has 8 nitrogen and oxygen atoms in total. The molecular weight excluding hydrogens is 508 g/mol. The summed E-state index contributed by atoms with van der Waals surface area (Å²) in [6.07, 6.45) is 4.70. The van der Waals surface area contributed by atoms with Gasteiger partial charge in [0.25, 0.3) is 5.91 Å². The lowest BCUT2D eigenvalue weighted by atomic mass is 9.89. The molecule has 3 aromatic carbocycles. The Kier molecular flexibility index (Phi) is 8.40. The minimum Gasteiger partial charge on any atom is -0.394 e. The van der Waals surface area contributed by atoms with Crippen LogP contribution in [0.25, 0.3) is 11.1 Å². The Morgan fingerprint density at radius 3 is 2.25 bits per heavy atom. The molecule has 1 heterocycles. The van der Waals surface area contributed by atoms with Crippen molar-refractivity contribution in [1.82, 2.24) is 10.6 Å². The van der Waals surface area contributed by atoms with Crippen LogP contribution in [0.3, 0.4) is 0 Å². The maximum atomic E-state index is 13.2. The normalized spacial score (nSPS) is 19.1. The molecule has 3 aromatic rings. The number of carbonyl (C=O) groups is 3. The van der Waals surface area contributed by atoms with Gasteiger partial charge in [0.05, 0.1) is 25.9 Å². The quantitative estimate of drug-likeness (QED) is 0.276. The highest BCUT2D eigenvalue weighted by Gasteiger charge is 2.54. The second-order valence-corrected chi connectivity index (χ2v) is 10.5. The first-order valence-corrected chi connectivity index (χ1v) is 13.7. The van der Waals surface area contributed by atoms with Crippen LogP contribution in [0.1, 0.15) is 39.9 Å². The minimum absolute atomic E-state index is 0.0736. The highest BCUT2D eigenvalue weighted by atomic mass is 16.6. The number of rotatable bonds is 11. The van der Waals surface area contributed by atoms with Crippen molar-refractivity contribution in [3.8, 4) is 11.1 Å². The number of fused-ring (bicyclic) bond motifs is 1. The molecule has 2 aliphatic rings. The Morgan fingerprint density at radius 2 is 1.55 bits per heavy atom. The molecule has 1 saturated heterocycles. The number of ketones is 1. The summed E-state index contributed by atoms with van der Waals surface area (Å²) in [5.41, 5.74) is 4.45. The van der Waals surface area contributed by atoms with Crippen molar-refractivity contribution in [1.29, 1.82) is 0 Å². The van der Waals surface area contributed by atoms with E-state index in [0.29, 0.717) is 5.56 Å². The number of nitrogens with one attached hydrogen (secondary N) is 2. The fraction of sp³-hybridized carbons (Fsp3) is 0.344. The molecule has 0 saturated carbocycles. The molecule has 0 aromatic heterocycles. The zero-order valence-corrected chi connectivity index (χ0v) is 22.3. The average Bonchev–Trinajstić information content (AvgIpc) is 3.81. The molecule has 1 aliphatic carbocycles. The van der Waals surface area contributed by atoms with Crippen molar-refractivity contribution in [2.75, 3.05) is 19.8 Å². The molecule has 2 unspecified atom stereocenters. The third-order valence-corrected chi connectivity index (χ3v) is 7.72. The maximum Gasteiger partial charge on any atom is 0.252 e. The van der Waals surface area contributed by atoms with E-state index in [-0.39, 0.29) is 13.0 Å². The molecule has 0 radical (unpaired) electrons. The van der Waals surface area contributed by atoms with E-state index in [9.17, 15) is 24.6 Å². The topological polar surface area (TPSA) is 128 Å². The van der Waals surface area contributed by atoms with Gasteiger partial charge < -0.3 is 25.6 Å². The van der Waals surface area contributed by atoms with E-state index in [1.54, 1.807) is 18.2 Å². The number of ether oxygens (including phenoxy) is 1. The summed E-state index contributed by atoms with van der Waals surface area (Å²) in [5.74, 6) is -1.67. The van der Waals surface area contributed by atoms with Crippen LogP contribution in [0.2, 0.25) is 0 Å². The number of carbonyl (C=O) groups excluding carboxylic acids is 3. The summed E-state index contributed by atoms with van der Waals surface area (Å²) in [7, 11) is 0. The van der Waals surface area contributed by atoms with Gasteiger partial charge in [-0.2, -0.15) is 0 Å². The molecule has 0 bridgehead atoms. The van der Waals surface area contributed by atoms with Crippen LogP contribution in [0, 0.1) is 0 Å². The van der Waals surface area contributed by atoms with Gasteiger partial charge in [-0.1, -0.05) is 60.7 Å². The van der Waals surface area contributed by atoms with Crippen molar-refractivity contribution >= 4 is 17.6 Å². The fourth-order valence-electron chi connectivity index (χ4n) is 5.24. The van der Waals surface area contributed by atoms with E-state index in [4.69, 9.17) is 4.74 Å². The van der Waals surface area contributed by atoms with E-state index >= 15 is 0 Å². The molecule has 3 atom stereocenters. The monoisotopic (exact) mass is 542 g/mol. The number of amides is 2. The zero-order valence-electron chi connectivity index (χ0n) is 22.3. The molecule has 0 spiro atoms. The number of aliphatic hydroxyl groups is 2. The van der Waals surface area contributed by atoms with Crippen molar-refractivity contribution in [3.05, 3.63) is 95.1 Å². The van der Waals surface area contributed by atoms with Crippen molar-refractivity contribution in [3.63, 3.8) is 0 Å². The van der Waals surface area contributed by atoms with Crippen LogP contribution < -0.4 is 10.6 Å². The predicted octanol–water partition coefficient (Wildman–Crippen LogP) is 2.38. The first-order valence-electron chi connectivity index (χ1n) is 13.7. The molecule has 4 N–H and O–H groups in total. The third kappa shape index (κ3) is 6.14. The number of hydrogen-bond donors (Lipinski definition) is 4. The maximum absolute atomic E-state index is 13.2. The van der Waals surface area contributed by atoms with Gasteiger partial charge in [0.15, 0.2) is 11.4 Å². The van der Waals surface area contributed by atoms with Crippen LogP contribution in [0.4, 0.5) is 0 Å². The van der Waals surface area contributed by atoms with E-state index in [2.05, 4.69) is 28.8 Å². The second-order valence-electron chi connectivity index (χ2n) is 10.5. The number of benzene rings is 3. The molecule has 208 valence electrons. The largest absolute Gasteiger partial charge is 0.394 e. The molecule has 2 amide bonds. The van der Waals surface area contributed by atoms with Gasteiger partial charge in [-0.15, -0.1) is 0 Å². The molecular formula is C32H34N2O6. The van der Waals surface area contributed by atoms with Crippen LogP contribution in [-0.2, 0) is 33.6 Å². The van der Waals surface area contributed by atoms with Gasteiger partial charge >= 0.3 is 0 Å². The number of aliphatic hydroxyl groups excluding tert-OH is 2. The fourth-order valence-corrected chi connectivity index (χ4v) is 5.24. The summed E-state index contributed by atoms with van der Waals surface area (Å²) in [4.78, 5) is 39.5. The van der Waals surface area contributed by atoms with E-state index < -0.39 is 48.5 Å².